The third-order valence-electron chi connectivity index (χ3n) is 9.26. The monoisotopic (exact) mass is 667 g/mol. The number of hydrogen-bond acceptors (Lipinski definition) is 12. The molecule has 0 bridgehead atoms. The van der Waals surface area contributed by atoms with Crippen LogP contribution in [0.4, 0.5) is 5.82 Å². The molecule has 0 spiro atoms. The quantitative estimate of drug-likeness (QED) is 0.256. The van der Waals surface area contributed by atoms with Gasteiger partial charge in [0.05, 0.1) is 19.3 Å². The minimum Gasteiger partial charge on any atom is -0.414 e. The first kappa shape index (κ1) is 32.8. The Morgan fingerprint density at radius 1 is 0.978 bits per heavy atom. The Labute approximate surface area is 271 Å². The molecular weight excluding hydrogens is 623 g/mol. The number of pyridine rings is 1. The minimum absolute atomic E-state index is 0.0954. The van der Waals surface area contributed by atoms with Crippen LogP contribution in [0.5, 0.6) is 0 Å². The lowest BCUT2D eigenvalue weighted by Crippen LogP contribution is -2.65. The molecule has 0 aliphatic carbocycles. The predicted molar refractivity (Wildman–Crippen MR) is 176 cm³/mol. The molecule has 0 amide bonds. The normalized spacial score (nSPS) is 24.6. The van der Waals surface area contributed by atoms with Crippen molar-refractivity contribution in [1.29, 1.82) is 0 Å². The van der Waals surface area contributed by atoms with Crippen LogP contribution in [0.15, 0.2) is 37.1 Å². The summed E-state index contributed by atoms with van der Waals surface area (Å²) < 4.78 is 31.5. The number of anilines is 1. The number of nitrogen functional groups attached to an aromatic ring is 1. The Balaban J connectivity index is 1.43. The van der Waals surface area contributed by atoms with Gasteiger partial charge in [-0.25, -0.2) is 19.6 Å². The maximum atomic E-state index is 12.1. The van der Waals surface area contributed by atoms with Gasteiger partial charge in [0.15, 0.2) is 29.0 Å². The van der Waals surface area contributed by atoms with Gasteiger partial charge in [0.2, 0.25) is 0 Å². The molecule has 2 saturated heterocycles. The molecule has 6 rings (SSSR count). The fourth-order valence-corrected chi connectivity index (χ4v) is 18.1. The van der Waals surface area contributed by atoms with Crippen molar-refractivity contribution >= 4 is 34.1 Å². The van der Waals surface area contributed by atoms with Crippen molar-refractivity contribution in [2.24, 2.45) is 0 Å². The Morgan fingerprint density at radius 2 is 1.65 bits per heavy atom. The molecule has 248 valence electrons. The largest absolute Gasteiger partial charge is 0.414 e. The molecule has 16 heteroatoms. The summed E-state index contributed by atoms with van der Waals surface area (Å²) in [4.78, 5) is 17.6. The molecule has 3 N–H and O–H groups in total. The zero-order valence-electron chi connectivity index (χ0n) is 27.7. The van der Waals surface area contributed by atoms with Crippen LogP contribution in [0.1, 0.15) is 67.2 Å². The molecule has 0 unspecified atom stereocenters. The summed E-state index contributed by atoms with van der Waals surface area (Å²) in [5.41, 5.74) is 9.09. The number of nitrogens with zero attached hydrogens (tertiary/aromatic N) is 8. The summed E-state index contributed by atoms with van der Waals surface area (Å²) in [6, 6.07) is 3.84. The van der Waals surface area contributed by atoms with Crippen LogP contribution in [-0.4, -0.2) is 86.6 Å². The Morgan fingerprint density at radius 3 is 2.30 bits per heavy atom. The fourth-order valence-electron chi connectivity index (χ4n) is 6.85. The van der Waals surface area contributed by atoms with E-state index in [1.54, 1.807) is 27.8 Å². The minimum atomic E-state index is -3.00. The smallest absolute Gasteiger partial charge is 0.335 e. The van der Waals surface area contributed by atoms with Gasteiger partial charge in [0.25, 0.3) is 0 Å². The molecule has 2 fully saturated rings. The molecule has 4 atom stereocenters. The third kappa shape index (κ3) is 5.48. The molecule has 4 aromatic heterocycles. The summed E-state index contributed by atoms with van der Waals surface area (Å²) in [7, 11) is -5.80. The van der Waals surface area contributed by atoms with Crippen LogP contribution >= 0.6 is 0 Å². The molecule has 14 nitrogen and oxygen atoms in total. The van der Waals surface area contributed by atoms with E-state index in [1.807, 2.05) is 12.1 Å². The highest BCUT2D eigenvalue weighted by atomic mass is 28.5. The molecule has 6 heterocycles. The molecule has 46 heavy (non-hydrogen) atoms. The SMILES string of the molecule is CC(C)[Si]1(C(C)C)OC[C@H]2O[C@@H](n3c(-c4cn(Cc5ccncc5)nn4)nc4c(N)ncnc43)[C@H](O)[C@@H]2O[Si](C(C)C)(C(C)C)O1. The fraction of sp³-hybridized carbons (Fsp3) is 0.600. The van der Waals surface area contributed by atoms with E-state index >= 15 is 0 Å². The second-order valence-electron chi connectivity index (χ2n) is 13.5. The van der Waals surface area contributed by atoms with E-state index in [2.05, 4.69) is 80.7 Å². The second-order valence-corrected chi connectivity index (χ2v) is 22.4. The van der Waals surface area contributed by atoms with Crippen molar-refractivity contribution < 1.29 is 22.8 Å². The number of nitrogens with two attached hydrogens (primary N) is 1. The van der Waals surface area contributed by atoms with E-state index in [-0.39, 0.29) is 34.6 Å². The van der Waals surface area contributed by atoms with E-state index in [0.717, 1.165) is 5.56 Å². The Kier molecular flexibility index (Phi) is 8.90. The summed E-state index contributed by atoms with van der Waals surface area (Å²) in [5, 5.41) is 20.9. The predicted octanol–water partition coefficient (Wildman–Crippen LogP) is 4.33. The van der Waals surface area contributed by atoms with Gasteiger partial charge in [-0.15, -0.1) is 5.10 Å². The van der Waals surface area contributed by atoms with Crippen molar-refractivity contribution in [2.75, 3.05) is 12.3 Å². The summed E-state index contributed by atoms with van der Waals surface area (Å²) in [6.07, 6.45) is 3.32. The molecular formula is C30H45N9O5Si2. The number of fused-ring (bicyclic) bond motifs is 2. The van der Waals surface area contributed by atoms with Crippen molar-refractivity contribution in [3.63, 3.8) is 0 Å². The molecule has 2 aliphatic rings. The number of imidazole rings is 1. The third-order valence-corrected chi connectivity index (χ3v) is 19.5. The summed E-state index contributed by atoms with van der Waals surface area (Å²) >= 11 is 0. The molecule has 4 aromatic rings. The Bertz CT molecular complexity index is 1650. The topological polar surface area (TPSA) is 170 Å². The van der Waals surface area contributed by atoms with Crippen molar-refractivity contribution in [2.45, 2.75) is 109 Å². The lowest BCUT2D eigenvalue weighted by molar-refractivity contribution is -0.0564. The highest BCUT2D eigenvalue weighted by Crippen LogP contribution is 2.49. The maximum Gasteiger partial charge on any atom is 0.335 e. The average Bonchev–Trinajstić information content (AvgIpc) is 3.69. The first-order valence-corrected chi connectivity index (χ1v) is 20.0. The highest BCUT2D eigenvalue weighted by molar-refractivity contribution is 6.84. The first-order chi connectivity index (χ1) is 21.9. The van der Waals surface area contributed by atoms with E-state index in [9.17, 15) is 5.11 Å². The zero-order chi connectivity index (χ0) is 33.0. The van der Waals surface area contributed by atoms with Crippen molar-refractivity contribution in [1.82, 2.24) is 39.5 Å². The summed E-state index contributed by atoms with van der Waals surface area (Å²) in [5.74, 6) is 0.597. The van der Waals surface area contributed by atoms with Gasteiger partial charge >= 0.3 is 17.1 Å². The average molecular weight is 668 g/mol. The van der Waals surface area contributed by atoms with Crippen LogP contribution in [0, 0.1) is 0 Å². The number of aliphatic hydroxyl groups excluding tert-OH is 1. The number of aliphatic hydroxyl groups is 1. The van der Waals surface area contributed by atoms with Gasteiger partial charge in [-0.3, -0.25) is 9.55 Å². The number of hydrogen-bond donors (Lipinski definition) is 2. The Hall–Kier alpha value is -3.13. The van der Waals surface area contributed by atoms with Crippen LogP contribution in [0.2, 0.25) is 22.2 Å². The van der Waals surface area contributed by atoms with Gasteiger partial charge < -0.3 is 28.5 Å². The van der Waals surface area contributed by atoms with Gasteiger partial charge in [-0.05, 0) is 39.9 Å². The lowest BCUT2D eigenvalue weighted by Gasteiger charge is -2.51. The van der Waals surface area contributed by atoms with E-state index in [4.69, 9.17) is 28.4 Å². The van der Waals surface area contributed by atoms with E-state index < -0.39 is 41.7 Å². The zero-order valence-corrected chi connectivity index (χ0v) is 29.7. The van der Waals surface area contributed by atoms with Crippen molar-refractivity contribution in [3.05, 3.63) is 42.6 Å². The number of aromatic nitrogens is 8. The number of ether oxygens (including phenoxy) is 1. The number of rotatable bonds is 8. The first-order valence-electron chi connectivity index (χ1n) is 16.0. The van der Waals surface area contributed by atoms with E-state index in [0.29, 0.717) is 29.2 Å². The molecule has 2 aliphatic heterocycles. The van der Waals surface area contributed by atoms with Crippen LogP contribution < -0.4 is 5.73 Å². The molecule has 0 aromatic carbocycles. The second kappa shape index (κ2) is 12.5. The maximum absolute atomic E-state index is 12.1. The van der Waals surface area contributed by atoms with Gasteiger partial charge in [-0.2, -0.15) is 0 Å². The standard InChI is InChI=1S/C30H45N9O5Si2/c1-17(2)45(18(3)4)41-15-23-26(43-46(44-45,19(5)6)20(7)8)25(40)30(42-23)39-28(35-24-27(31)33-16-34-29(24)39)22-14-38(37-36-22)13-21-9-11-32-12-10-21/h9-12,14,16-20,23,25-26,30,40H,13,15H2,1-8H3,(H2,31,33,34)/t23-,25-,26-,30-/m1/s1. The van der Waals surface area contributed by atoms with Gasteiger partial charge in [0, 0.05) is 12.4 Å². The lowest BCUT2D eigenvalue weighted by atomic mass is 10.1. The van der Waals surface area contributed by atoms with E-state index in [1.165, 1.54) is 6.33 Å². The van der Waals surface area contributed by atoms with Gasteiger partial charge in [-0.1, -0.05) is 60.6 Å². The molecule has 0 saturated carbocycles. The summed E-state index contributed by atoms with van der Waals surface area (Å²) in [6.45, 7) is 18.0. The van der Waals surface area contributed by atoms with Crippen LogP contribution in [0.25, 0.3) is 22.7 Å². The highest BCUT2D eigenvalue weighted by Gasteiger charge is 2.62. The molecule has 0 radical (unpaired) electrons. The van der Waals surface area contributed by atoms with Gasteiger partial charge in [0.1, 0.15) is 30.3 Å². The van der Waals surface area contributed by atoms with Crippen LogP contribution in [0.3, 0.4) is 0 Å². The van der Waals surface area contributed by atoms with Crippen molar-refractivity contribution in [3.8, 4) is 11.5 Å². The van der Waals surface area contributed by atoms with Crippen LogP contribution in [-0.2, 0) is 24.2 Å².